The van der Waals surface area contributed by atoms with Gasteiger partial charge in [0.2, 0.25) is 5.91 Å². The zero-order valence-electron chi connectivity index (χ0n) is 15.8. The Labute approximate surface area is 168 Å². The second kappa shape index (κ2) is 8.26. The summed E-state index contributed by atoms with van der Waals surface area (Å²) in [6.45, 7) is -2.62. The highest BCUT2D eigenvalue weighted by atomic mass is 19.4. The molecule has 30 heavy (non-hydrogen) atoms. The van der Waals surface area contributed by atoms with Crippen LogP contribution in [0.5, 0.6) is 5.75 Å². The number of benzene rings is 1. The third-order valence-electron chi connectivity index (χ3n) is 5.46. The lowest BCUT2D eigenvalue weighted by atomic mass is 9.70. The van der Waals surface area contributed by atoms with E-state index in [9.17, 15) is 36.2 Å². The first-order valence-electron chi connectivity index (χ1n) is 9.37. The zero-order chi connectivity index (χ0) is 22.2. The Kier molecular flexibility index (Phi) is 6.24. The Balaban J connectivity index is 1.66. The summed E-state index contributed by atoms with van der Waals surface area (Å²) < 4.78 is 83.6. The number of anilines is 1. The molecular weight excluding hydrogens is 420 g/mol. The summed E-state index contributed by atoms with van der Waals surface area (Å²) in [5, 5.41) is 10.0. The molecule has 1 aromatic carbocycles. The predicted molar refractivity (Wildman–Crippen MR) is 93.0 cm³/mol. The molecule has 11 heteroatoms. The number of halogens is 6. The summed E-state index contributed by atoms with van der Waals surface area (Å²) in [4.78, 5) is 14.5. The Hall–Kier alpha value is -2.01. The van der Waals surface area contributed by atoms with Crippen molar-refractivity contribution in [2.45, 2.75) is 50.2 Å². The van der Waals surface area contributed by atoms with Gasteiger partial charge in [-0.15, -0.1) is 0 Å². The summed E-state index contributed by atoms with van der Waals surface area (Å²) in [5.41, 5.74) is -0.476. The van der Waals surface area contributed by atoms with Gasteiger partial charge in [0, 0.05) is 12.2 Å². The van der Waals surface area contributed by atoms with E-state index in [0.29, 0.717) is 25.1 Å². The predicted octanol–water partition coefficient (Wildman–Crippen LogP) is 3.84. The minimum atomic E-state index is -4.54. The average Bonchev–Trinajstić information content (AvgIpc) is 2.96. The Bertz CT molecular complexity index is 751. The largest absolute Gasteiger partial charge is 0.484 e. The van der Waals surface area contributed by atoms with Crippen molar-refractivity contribution in [1.29, 1.82) is 0 Å². The molecule has 1 spiro atoms. The molecule has 1 aliphatic heterocycles. The molecule has 3 atom stereocenters. The van der Waals surface area contributed by atoms with E-state index in [1.54, 1.807) is 0 Å². The van der Waals surface area contributed by atoms with E-state index in [-0.39, 0.29) is 24.5 Å². The van der Waals surface area contributed by atoms with Crippen molar-refractivity contribution in [1.82, 2.24) is 0 Å². The molecule has 1 aliphatic carbocycles. The van der Waals surface area contributed by atoms with Crippen LogP contribution in [-0.4, -0.2) is 55.3 Å². The van der Waals surface area contributed by atoms with Crippen molar-refractivity contribution >= 4 is 11.6 Å². The van der Waals surface area contributed by atoms with Crippen molar-refractivity contribution in [3.63, 3.8) is 0 Å². The molecule has 1 aromatic rings. The van der Waals surface area contributed by atoms with Crippen LogP contribution < -0.4 is 9.64 Å². The standard InChI is InChI=1S/C19H21F6NO4/c20-18(21,22)10-29-13-3-1-12(2-4-13)26-8-7-17(16(26)28)6-5-14(27)15(9-17)30-11-19(23,24)25/h1-4,14-15,27H,5-11H2. The molecule has 1 amide bonds. The first-order chi connectivity index (χ1) is 13.9. The summed E-state index contributed by atoms with van der Waals surface area (Å²) in [6, 6.07) is 5.55. The molecule has 1 saturated carbocycles. The van der Waals surface area contributed by atoms with Crippen LogP contribution in [0, 0.1) is 5.41 Å². The van der Waals surface area contributed by atoms with Gasteiger partial charge in [-0.1, -0.05) is 0 Å². The monoisotopic (exact) mass is 441 g/mol. The number of aliphatic hydroxyl groups excluding tert-OH is 1. The fourth-order valence-electron chi connectivity index (χ4n) is 3.98. The maximum absolute atomic E-state index is 13.1. The number of hydrogen-bond acceptors (Lipinski definition) is 4. The van der Waals surface area contributed by atoms with E-state index in [1.165, 1.54) is 29.2 Å². The third kappa shape index (κ3) is 5.37. The summed E-state index contributed by atoms with van der Waals surface area (Å²) in [6.07, 6.45) is -10.3. The minimum Gasteiger partial charge on any atom is -0.484 e. The fraction of sp³-hybridized carbons (Fsp3) is 0.632. The van der Waals surface area contributed by atoms with Gasteiger partial charge in [0.1, 0.15) is 12.4 Å². The topological polar surface area (TPSA) is 59.0 Å². The first kappa shape index (κ1) is 22.7. The maximum atomic E-state index is 13.1. The Morgan fingerprint density at radius 2 is 1.67 bits per heavy atom. The number of nitrogens with zero attached hydrogens (tertiary/aromatic N) is 1. The van der Waals surface area contributed by atoms with Crippen LogP contribution in [0.2, 0.25) is 0 Å². The molecule has 1 saturated heterocycles. The lowest BCUT2D eigenvalue weighted by Crippen LogP contribution is -2.46. The number of carbonyl (C=O) groups is 1. The summed E-state index contributed by atoms with van der Waals surface area (Å²) >= 11 is 0. The van der Waals surface area contributed by atoms with Crippen LogP contribution >= 0.6 is 0 Å². The molecule has 0 radical (unpaired) electrons. The van der Waals surface area contributed by atoms with Crippen molar-refractivity contribution in [3.05, 3.63) is 24.3 Å². The van der Waals surface area contributed by atoms with E-state index in [4.69, 9.17) is 4.74 Å². The fourth-order valence-corrected chi connectivity index (χ4v) is 3.98. The van der Waals surface area contributed by atoms with Gasteiger partial charge < -0.3 is 19.5 Å². The number of alkyl halides is 6. The lowest BCUT2D eigenvalue weighted by Gasteiger charge is -2.39. The van der Waals surface area contributed by atoms with Crippen LogP contribution in [0.15, 0.2) is 24.3 Å². The number of hydrogen-bond donors (Lipinski definition) is 1. The van der Waals surface area contributed by atoms with Crippen molar-refractivity contribution < 1.29 is 45.7 Å². The van der Waals surface area contributed by atoms with Gasteiger partial charge in [0.05, 0.1) is 17.6 Å². The van der Waals surface area contributed by atoms with Crippen molar-refractivity contribution in [2.75, 3.05) is 24.7 Å². The SMILES string of the molecule is O=C1N(c2ccc(OCC(F)(F)F)cc2)CCC12CCC(O)C(OCC(F)(F)F)C2. The molecule has 2 aliphatic rings. The second-order valence-corrected chi connectivity index (χ2v) is 7.66. The smallest absolute Gasteiger partial charge is 0.422 e. The molecule has 3 rings (SSSR count). The second-order valence-electron chi connectivity index (χ2n) is 7.66. The Morgan fingerprint density at radius 3 is 2.27 bits per heavy atom. The van der Waals surface area contributed by atoms with Crippen molar-refractivity contribution in [3.8, 4) is 5.75 Å². The molecule has 1 heterocycles. The van der Waals surface area contributed by atoms with E-state index >= 15 is 0 Å². The van der Waals surface area contributed by atoms with Gasteiger partial charge in [0.25, 0.3) is 0 Å². The number of ether oxygens (including phenoxy) is 2. The molecule has 168 valence electrons. The number of rotatable bonds is 5. The quantitative estimate of drug-likeness (QED) is 0.706. The average molecular weight is 441 g/mol. The molecular formula is C19H21F6NO4. The number of amides is 1. The molecule has 3 unspecified atom stereocenters. The highest BCUT2D eigenvalue weighted by Gasteiger charge is 2.52. The lowest BCUT2D eigenvalue weighted by molar-refractivity contribution is -0.204. The van der Waals surface area contributed by atoms with Crippen LogP contribution in [0.1, 0.15) is 25.7 Å². The molecule has 5 nitrogen and oxygen atoms in total. The first-order valence-corrected chi connectivity index (χ1v) is 9.37. The molecule has 1 N–H and O–H groups in total. The van der Waals surface area contributed by atoms with Gasteiger partial charge in [0.15, 0.2) is 6.61 Å². The summed E-state index contributed by atoms with van der Waals surface area (Å²) in [7, 11) is 0. The molecule has 0 bridgehead atoms. The Morgan fingerprint density at radius 1 is 1.03 bits per heavy atom. The minimum absolute atomic E-state index is 0.00108. The van der Waals surface area contributed by atoms with Gasteiger partial charge in [-0.2, -0.15) is 26.3 Å². The van der Waals surface area contributed by atoms with Gasteiger partial charge >= 0.3 is 12.4 Å². The normalized spacial score (nSPS) is 27.7. The molecule has 2 fully saturated rings. The number of aliphatic hydroxyl groups is 1. The third-order valence-corrected chi connectivity index (χ3v) is 5.46. The van der Waals surface area contributed by atoms with E-state index in [1.807, 2.05) is 0 Å². The maximum Gasteiger partial charge on any atom is 0.422 e. The van der Waals surface area contributed by atoms with Crippen LogP contribution in [0.4, 0.5) is 32.0 Å². The molecule has 0 aromatic heterocycles. The van der Waals surface area contributed by atoms with E-state index in [0.717, 1.165) is 0 Å². The van der Waals surface area contributed by atoms with Gasteiger partial charge in [-0.3, -0.25) is 4.79 Å². The van der Waals surface area contributed by atoms with Gasteiger partial charge in [-0.05, 0) is 49.9 Å². The summed E-state index contributed by atoms with van der Waals surface area (Å²) in [5.74, 6) is -0.294. The van der Waals surface area contributed by atoms with Crippen LogP contribution in [0.25, 0.3) is 0 Å². The van der Waals surface area contributed by atoms with Crippen LogP contribution in [0.3, 0.4) is 0 Å². The number of carbonyl (C=O) groups excluding carboxylic acids is 1. The van der Waals surface area contributed by atoms with Crippen LogP contribution in [-0.2, 0) is 9.53 Å². The highest BCUT2D eigenvalue weighted by Crippen LogP contribution is 2.47. The van der Waals surface area contributed by atoms with Gasteiger partial charge in [-0.25, -0.2) is 0 Å². The highest BCUT2D eigenvalue weighted by molar-refractivity contribution is 6.00. The van der Waals surface area contributed by atoms with Crippen molar-refractivity contribution in [2.24, 2.45) is 5.41 Å². The zero-order valence-corrected chi connectivity index (χ0v) is 15.8. The van der Waals surface area contributed by atoms with E-state index in [2.05, 4.69) is 4.74 Å². The van der Waals surface area contributed by atoms with E-state index < -0.39 is 43.2 Å².